The Labute approximate surface area is 161 Å². The molecule has 0 aliphatic heterocycles. The monoisotopic (exact) mass is 384 g/mol. The minimum absolute atomic E-state index is 0.217. The van der Waals surface area contributed by atoms with Gasteiger partial charge < -0.3 is 19.5 Å². The van der Waals surface area contributed by atoms with E-state index in [0.717, 1.165) is 20.8 Å². The molecule has 0 fully saturated rings. The number of aromatic nitrogens is 1. The zero-order chi connectivity index (χ0) is 19.2. The Hall–Kier alpha value is -3.06. The van der Waals surface area contributed by atoms with Gasteiger partial charge in [-0.2, -0.15) is 0 Å². The Morgan fingerprint density at radius 1 is 1.07 bits per heavy atom. The lowest BCUT2D eigenvalue weighted by molar-refractivity contribution is -0.116. The fourth-order valence-electron chi connectivity index (χ4n) is 2.58. The summed E-state index contributed by atoms with van der Waals surface area (Å²) in [5, 5.41) is 3.63. The number of nitrogens with zero attached hydrogens (tertiary/aromatic N) is 1. The van der Waals surface area contributed by atoms with Crippen molar-refractivity contribution in [1.29, 1.82) is 0 Å². The van der Waals surface area contributed by atoms with Crippen molar-refractivity contribution in [3.8, 4) is 17.2 Å². The number of carbonyl (C=O) groups excluding carboxylic acids is 1. The molecule has 0 bridgehead atoms. The fraction of sp³-hybridized carbons (Fsp3) is 0.200. The number of amides is 1. The average molecular weight is 384 g/mol. The third-order valence-electron chi connectivity index (χ3n) is 3.93. The Balaban J connectivity index is 1.68. The van der Waals surface area contributed by atoms with Gasteiger partial charge in [-0.1, -0.05) is 12.1 Å². The molecule has 140 valence electrons. The highest BCUT2D eigenvalue weighted by Gasteiger charge is 2.12. The van der Waals surface area contributed by atoms with Crippen molar-refractivity contribution >= 4 is 33.5 Å². The van der Waals surface area contributed by atoms with Crippen molar-refractivity contribution in [2.45, 2.75) is 6.54 Å². The maximum Gasteiger partial charge on any atom is 0.244 e. The number of fused-ring (bicyclic) bond motifs is 1. The summed E-state index contributed by atoms with van der Waals surface area (Å²) in [6, 6.07) is 11.4. The molecule has 1 aromatic heterocycles. The van der Waals surface area contributed by atoms with E-state index < -0.39 is 0 Å². The number of nitrogens with one attached hydrogen (secondary N) is 1. The maximum absolute atomic E-state index is 12.2. The van der Waals surface area contributed by atoms with E-state index >= 15 is 0 Å². The zero-order valence-electron chi connectivity index (χ0n) is 15.3. The first-order valence-corrected chi connectivity index (χ1v) is 9.06. The number of hydrogen-bond acceptors (Lipinski definition) is 6. The van der Waals surface area contributed by atoms with Gasteiger partial charge in [0.1, 0.15) is 10.8 Å². The molecule has 7 heteroatoms. The topological polar surface area (TPSA) is 69.7 Å². The molecule has 0 atom stereocenters. The number of rotatable bonds is 7. The summed E-state index contributed by atoms with van der Waals surface area (Å²) in [6.45, 7) is 0.298. The second-order valence-electron chi connectivity index (χ2n) is 5.59. The van der Waals surface area contributed by atoms with E-state index in [1.807, 2.05) is 24.3 Å². The number of methoxy groups -OCH3 is 3. The van der Waals surface area contributed by atoms with E-state index in [9.17, 15) is 4.79 Å². The van der Waals surface area contributed by atoms with Gasteiger partial charge in [0.15, 0.2) is 11.5 Å². The summed E-state index contributed by atoms with van der Waals surface area (Å²) in [7, 11) is 4.69. The van der Waals surface area contributed by atoms with Gasteiger partial charge in [0.25, 0.3) is 0 Å². The minimum Gasteiger partial charge on any atom is -0.496 e. The van der Waals surface area contributed by atoms with Gasteiger partial charge >= 0.3 is 0 Å². The summed E-state index contributed by atoms with van der Waals surface area (Å²) in [4.78, 5) is 16.6. The van der Waals surface area contributed by atoms with Gasteiger partial charge in [-0.15, -0.1) is 11.3 Å². The number of hydrogen-bond donors (Lipinski definition) is 1. The standard InChI is InChI=1S/C20H20N2O4S/c1-24-15-11-17(26-3)16(25-2)10-13(15)12-21-19(23)8-9-20-22-14-6-4-5-7-18(14)27-20/h4-11H,12H2,1-3H3,(H,21,23)/b9-8+. The predicted octanol–water partition coefficient (Wildman–Crippen LogP) is 3.65. The highest BCUT2D eigenvalue weighted by Crippen LogP contribution is 2.34. The number of thiazole rings is 1. The van der Waals surface area contributed by atoms with Crippen LogP contribution in [0.15, 0.2) is 42.5 Å². The van der Waals surface area contributed by atoms with Crippen LogP contribution in [0.3, 0.4) is 0 Å². The molecule has 3 aromatic rings. The highest BCUT2D eigenvalue weighted by atomic mass is 32.1. The fourth-order valence-corrected chi connectivity index (χ4v) is 3.45. The molecule has 0 spiro atoms. The van der Waals surface area contributed by atoms with Crippen LogP contribution in [-0.2, 0) is 11.3 Å². The van der Waals surface area contributed by atoms with E-state index in [1.165, 1.54) is 6.08 Å². The summed E-state index contributed by atoms with van der Waals surface area (Å²) in [5.74, 6) is 1.54. The lowest BCUT2D eigenvalue weighted by atomic mass is 10.1. The van der Waals surface area contributed by atoms with Crippen LogP contribution in [0, 0.1) is 0 Å². The van der Waals surface area contributed by atoms with Crippen LogP contribution in [0.2, 0.25) is 0 Å². The van der Waals surface area contributed by atoms with Gasteiger partial charge in [-0.05, 0) is 24.3 Å². The van der Waals surface area contributed by atoms with Crippen molar-refractivity contribution in [2.24, 2.45) is 0 Å². The highest BCUT2D eigenvalue weighted by molar-refractivity contribution is 7.19. The first kappa shape index (κ1) is 18.7. The number of benzene rings is 2. The Kier molecular flexibility index (Phi) is 5.93. The number of carbonyl (C=O) groups is 1. The van der Waals surface area contributed by atoms with Crippen molar-refractivity contribution in [3.05, 3.63) is 53.0 Å². The zero-order valence-corrected chi connectivity index (χ0v) is 16.1. The van der Waals surface area contributed by atoms with Crippen LogP contribution in [0.4, 0.5) is 0 Å². The second kappa shape index (κ2) is 8.55. The molecule has 1 N–H and O–H groups in total. The second-order valence-corrected chi connectivity index (χ2v) is 6.65. The Morgan fingerprint density at radius 2 is 1.78 bits per heavy atom. The van der Waals surface area contributed by atoms with E-state index in [1.54, 1.807) is 50.9 Å². The SMILES string of the molecule is COc1cc(OC)c(OC)cc1CNC(=O)/C=C/c1nc2ccccc2s1. The third kappa shape index (κ3) is 4.38. The quantitative estimate of drug-likeness (QED) is 0.630. The molecule has 2 aromatic carbocycles. The van der Waals surface area contributed by atoms with Crippen molar-refractivity contribution in [1.82, 2.24) is 10.3 Å². The molecule has 0 radical (unpaired) electrons. The lowest BCUT2D eigenvalue weighted by Gasteiger charge is -2.14. The van der Waals surface area contributed by atoms with Crippen LogP contribution in [0.5, 0.6) is 17.2 Å². The molecule has 1 heterocycles. The molecule has 0 unspecified atom stereocenters. The van der Waals surface area contributed by atoms with E-state index in [0.29, 0.717) is 23.8 Å². The normalized spacial score (nSPS) is 10.9. The van der Waals surface area contributed by atoms with Crippen LogP contribution >= 0.6 is 11.3 Å². The molecule has 1 amide bonds. The number of ether oxygens (including phenoxy) is 3. The Bertz CT molecular complexity index is 948. The minimum atomic E-state index is -0.217. The van der Waals surface area contributed by atoms with Crippen molar-refractivity contribution in [2.75, 3.05) is 21.3 Å². The summed E-state index contributed by atoms with van der Waals surface area (Å²) in [6.07, 6.45) is 3.19. The molecule has 0 saturated heterocycles. The molecule has 0 saturated carbocycles. The first-order chi connectivity index (χ1) is 13.1. The third-order valence-corrected chi connectivity index (χ3v) is 4.93. The molecule has 3 rings (SSSR count). The van der Waals surface area contributed by atoms with Crippen LogP contribution in [0.1, 0.15) is 10.6 Å². The largest absolute Gasteiger partial charge is 0.496 e. The van der Waals surface area contributed by atoms with Gasteiger partial charge in [-0.3, -0.25) is 4.79 Å². The Morgan fingerprint density at radius 3 is 2.48 bits per heavy atom. The van der Waals surface area contributed by atoms with Crippen molar-refractivity contribution < 1.29 is 19.0 Å². The molecule has 0 aliphatic rings. The lowest BCUT2D eigenvalue weighted by Crippen LogP contribution is -2.20. The predicted molar refractivity (Wildman–Crippen MR) is 107 cm³/mol. The number of para-hydroxylation sites is 1. The smallest absolute Gasteiger partial charge is 0.244 e. The molecular weight excluding hydrogens is 364 g/mol. The van der Waals surface area contributed by atoms with Gasteiger partial charge in [0, 0.05) is 24.3 Å². The first-order valence-electron chi connectivity index (χ1n) is 8.25. The summed E-state index contributed by atoms with van der Waals surface area (Å²) >= 11 is 1.54. The van der Waals surface area contributed by atoms with Gasteiger partial charge in [0.05, 0.1) is 31.5 Å². The molecule has 27 heavy (non-hydrogen) atoms. The van der Waals surface area contributed by atoms with Gasteiger partial charge in [-0.25, -0.2) is 4.98 Å². The van der Waals surface area contributed by atoms with Crippen molar-refractivity contribution in [3.63, 3.8) is 0 Å². The maximum atomic E-state index is 12.2. The van der Waals surface area contributed by atoms with Crippen LogP contribution in [-0.4, -0.2) is 32.2 Å². The van der Waals surface area contributed by atoms with Crippen LogP contribution in [0.25, 0.3) is 16.3 Å². The molecular formula is C20H20N2O4S. The van der Waals surface area contributed by atoms with E-state index in [4.69, 9.17) is 14.2 Å². The summed E-state index contributed by atoms with van der Waals surface area (Å²) in [5.41, 5.74) is 1.72. The van der Waals surface area contributed by atoms with Crippen LogP contribution < -0.4 is 19.5 Å². The van der Waals surface area contributed by atoms with E-state index in [2.05, 4.69) is 10.3 Å². The average Bonchev–Trinajstić information content (AvgIpc) is 3.12. The van der Waals surface area contributed by atoms with E-state index in [-0.39, 0.29) is 5.91 Å². The van der Waals surface area contributed by atoms with Gasteiger partial charge in [0.2, 0.25) is 5.91 Å². The molecule has 0 aliphatic carbocycles. The molecule has 6 nitrogen and oxygen atoms in total. The summed E-state index contributed by atoms with van der Waals surface area (Å²) < 4.78 is 17.0.